The average Bonchev–Trinajstić information content (AvgIpc) is 2.58. The summed E-state index contributed by atoms with van der Waals surface area (Å²) >= 11 is 0. The van der Waals surface area contributed by atoms with Gasteiger partial charge in [0.1, 0.15) is 0 Å². The number of alkyl halides is 3. The van der Waals surface area contributed by atoms with Gasteiger partial charge in [-0.3, -0.25) is 0 Å². The molecular weight excluding hydrogens is 313 g/mol. The van der Waals surface area contributed by atoms with Crippen molar-refractivity contribution in [1.29, 1.82) is 0 Å². The number of ether oxygens (including phenoxy) is 1. The molecule has 4 heteroatoms. The number of hydrogen-bond donors (Lipinski definition) is 0. The highest BCUT2D eigenvalue weighted by atomic mass is 19.4. The van der Waals surface area contributed by atoms with E-state index in [1.807, 2.05) is 6.92 Å². The van der Waals surface area contributed by atoms with Gasteiger partial charge in [-0.15, -0.1) is 0 Å². The van der Waals surface area contributed by atoms with Crippen molar-refractivity contribution >= 4 is 0 Å². The molecule has 142 valence electrons. The number of hydrogen-bond acceptors (Lipinski definition) is 1. The van der Waals surface area contributed by atoms with Crippen molar-refractivity contribution < 1.29 is 17.9 Å². The van der Waals surface area contributed by atoms with E-state index in [1.54, 1.807) is 0 Å². The van der Waals surface area contributed by atoms with E-state index in [2.05, 4.69) is 0 Å². The van der Waals surface area contributed by atoms with Crippen molar-refractivity contribution in [3.63, 3.8) is 0 Å². The van der Waals surface area contributed by atoms with Crippen LogP contribution >= 0.6 is 0 Å². The summed E-state index contributed by atoms with van der Waals surface area (Å²) in [6, 6.07) is 0. The lowest BCUT2D eigenvalue weighted by Crippen LogP contribution is -2.32. The van der Waals surface area contributed by atoms with E-state index < -0.39 is 12.3 Å². The van der Waals surface area contributed by atoms with E-state index in [9.17, 15) is 13.2 Å². The average molecular weight is 348 g/mol. The van der Waals surface area contributed by atoms with Crippen LogP contribution in [0, 0.1) is 17.8 Å². The van der Waals surface area contributed by atoms with Crippen molar-refractivity contribution in [1.82, 2.24) is 0 Å². The van der Waals surface area contributed by atoms with Crippen molar-refractivity contribution in [2.24, 2.45) is 17.8 Å². The fourth-order valence-corrected chi connectivity index (χ4v) is 4.75. The molecule has 0 amide bonds. The lowest BCUT2D eigenvalue weighted by molar-refractivity contribution is -0.222. The van der Waals surface area contributed by atoms with Crippen LogP contribution in [-0.2, 0) is 4.74 Å². The zero-order valence-corrected chi connectivity index (χ0v) is 15.3. The summed E-state index contributed by atoms with van der Waals surface area (Å²) < 4.78 is 43.8. The molecule has 2 fully saturated rings. The smallest absolute Gasteiger partial charge is 0.369 e. The third-order valence-electron chi connectivity index (χ3n) is 6.17. The van der Waals surface area contributed by atoms with Gasteiger partial charge >= 0.3 is 6.18 Å². The fraction of sp³-hybridized carbons (Fsp3) is 1.00. The minimum atomic E-state index is -4.21. The molecule has 0 radical (unpaired) electrons. The van der Waals surface area contributed by atoms with Crippen molar-refractivity contribution in [3.8, 4) is 0 Å². The van der Waals surface area contributed by atoms with E-state index in [4.69, 9.17) is 4.74 Å². The first-order valence-electron chi connectivity index (χ1n) is 10.2. The van der Waals surface area contributed by atoms with Gasteiger partial charge in [0.25, 0.3) is 0 Å². The van der Waals surface area contributed by atoms with Crippen LogP contribution in [0.1, 0.15) is 90.4 Å². The van der Waals surface area contributed by atoms with Crippen LogP contribution in [0.3, 0.4) is 0 Å². The molecule has 1 unspecified atom stereocenters. The van der Waals surface area contributed by atoms with Crippen LogP contribution in [0.25, 0.3) is 0 Å². The van der Waals surface area contributed by atoms with Gasteiger partial charge in [0.2, 0.25) is 0 Å². The molecule has 0 aliphatic heterocycles. The van der Waals surface area contributed by atoms with Crippen LogP contribution in [-0.4, -0.2) is 18.9 Å². The molecule has 0 spiro atoms. The second-order valence-corrected chi connectivity index (χ2v) is 8.01. The Hall–Kier alpha value is -0.250. The first kappa shape index (κ1) is 20.1. The van der Waals surface area contributed by atoms with E-state index in [1.165, 1.54) is 57.8 Å². The van der Waals surface area contributed by atoms with Crippen LogP contribution < -0.4 is 0 Å². The van der Waals surface area contributed by atoms with Crippen LogP contribution in [0.15, 0.2) is 0 Å². The molecule has 2 saturated carbocycles. The summed E-state index contributed by atoms with van der Waals surface area (Å²) in [5, 5.41) is 0. The lowest BCUT2D eigenvalue weighted by atomic mass is 9.70. The van der Waals surface area contributed by atoms with Gasteiger partial charge < -0.3 is 4.74 Å². The Morgan fingerprint density at radius 3 is 2.12 bits per heavy atom. The molecule has 24 heavy (non-hydrogen) atoms. The minimum absolute atomic E-state index is 0.131. The van der Waals surface area contributed by atoms with Crippen LogP contribution in [0.4, 0.5) is 13.2 Å². The van der Waals surface area contributed by atoms with Gasteiger partial charge in [-0.2, -0.15) is 13.2 Å². The summed E-state index contributed by atoms with van der Waals surface area (Å²) in [4.78, 5) is 0. The fourth-order valence-electron chi connectivity index (χ4n) is 4.75. The minimum Gasteiger partial charge on any atom is -0.369 e. The summed E-state index contributed by atoms with van der Waals surface area (Å²) in [5.74, 6) is 2.49. The molecule has 2 rings (SSSR count). The van der Waals surface area contributed by atoms with Gasteiger partial charge in [0.05, 0.1) is 0 Å². The molecule has 0 N–H and O–H groups in total. The predicted molar refractivity (Wildman–Crippen MR) is 92.0 cm³/mol. The number of halogens is 3. The Kier molecular flexibility index (Phi) is 8.39. The molecule has 0 bridgehead atoms. The van der Waals surface area contributed by atoms with E-state index in [-0.39, 0.29) is 13.0 Å². The molecular formula is C20H35F3O. The SMILES string of the molecule is CCCOC(CCC[C@H]1CC[C@H](C2CCCCC2)CC1)C(F)(F)F. The number of rotatable bonds is 8. The maximum Gasteiger partial charge on any atom is 0.414 e. The Labute approximate surface area is 145 Å². The third kappa shape index (κ3) is 6.57. The topological polar surface area (TPSA) is 9.23 Å². The van der Waals surface area contributed by atoms with E-state index in [0.717, 1.165) is 18.3 Å². The summed E-state index contributed by atoms with van der Waals surface area (Å²) in [7, 11) is 0. The summed E-state index contributed by atoms with van der Waals surface area (Å²) in [5.41, 5.74) is 0. The maximum atomic E-state index is 12.9. The third-order valence-corrected chi connectivity index (χ3v) is 6.17. The largest absolute Gasteiger partial charge is 0.414 e. The highest BCUT2D eigenvalue weighted by molar-refractivity contribution is 4.80. The van der Waals surface area contributed by atoms with Gasteiger partial charge in [-0.05, 0) is 43.4 Å². The van der Waals surface area contributed by atoms with Crippen LogP contribution in [0.5, 0.6) is 0 Å². The lowest BCUT2D eigenvalue weighted by Gasteiger charge is -2.36. The summed E-state index contributed by atoms with van der Waals surface area (Å²) in [6.45, 7) is 2.05. The molecule has 0 saturated heterocycles. The second-order valence-electron chi connectivity index (χ2n) is 8.01. The molecule has 0 heterocycles. The molecule has 1 nitrogen and oxygen atoms in total. The molecule has 0 aromatic rings. The Morgan fingerprint density at radius 2 is 1.54 bits per heavy atom. The maximum absolute atomic E-state index is 12.9. The standard InChI is InChI=1S/C20H35F3O/c1-2-15-24-19(20(21,22)23)10-6-7-16-11-13-18(14-12-16)17-8-4-3-5-9-17/h16-19H,2-15H2,1H3/t16-,18-,19?. The van der Waals surface area contributed by atoms with E-state index in [0.29, 0.717) is 18.8 Å². The molecule has 2 aliphatic rings. The van der Waals surface area contributed by atoms with Gasteiger partial charge in [-0.25, -0.2) is 0 Å². The van der Waals surface area contributed by atoms with Crippen molar-refractivity contribution in [2.45, 2.75) is 103 Å². The van der Waals surface area contributed by atoms with Crippen molar-refractivity contribution in [2.75, 3.05) is 6.61 Å². The van der Waals surface area contributed by atoms with Gasteiger partial charge in [-0.1, -0.05) is 64.7 Å². The quantitative estimate of drug-likeness (QED) is 0.463. The zero-order valence-electron chi connectivity index (χ0n) is 15.3. The first-order valence-corrected chi connectivity index (χ1v) is 10.2. The summed E-state index contributed by atoms with van der Waals surface area (Å²) in [6.07, 6.45) is 8.71. The Bertz CT molecular complexity index is 328. The highest BCUT2D eigenvalue weighted by Gasteiger charge is 2.40. The van der Waals surface area contributed by atoms with E-state index >= 15 is 0 Å². The van der Waals surface area contributed by atoms with Gasteiger partial charge in [0.15, 0.2) is 6.10 Å². The predicted octanol–water partition coefficient (Wildman–Crippen LogP) is 6.90. The van der Waals surface area contributed by atoms with Gasteiger partial charge in [0, 0.05) is 6.61 Å². The molecule has 0 aromatic carbocycles. The first-order chi connectivity index (χ1) is 11.5. The van der Waals surface area contributed by atoms with Crippen LogP contribution in [0.2, 0.25) is 0 Å². The van der Waals surface area contributed by atoms with Crippen molar-refractivity contribution in [3.05, 3.63) is 0 Å². The Morgan fingerprint density at radius 1 is 0.917 bits per heavy atom. The zero-order chi connectivity index (χ0) is 17.4. The molecule has 2 aliphatic carbocycles. The Balaban J connectivity index is 1.64. The second kappa shape index (κ2) is 10.0. The monoisotopic (exact) mass is 348 g/mol. The highest BCUT2D eigenvalue weighted by Crippen LogP contribution is 2.41. The molecule has 0 aromatic heterocycles. The molecule has 1 atom stereocenters. The normalized spacial score (nSPS) is 28.0.